The van der Waals surface area contributed by atoms with E-state index < -0.39 is 33.8 Å². The minimum absolute atomic E-state index is 0.195. The van der Waals surface area contributed by atoms with E-state index in [2.05, 4.69) is 11.8 Å². The Balaban J connectivity index is 2.85. The highest BCUT2D eigenvalue weighted by Crippen LogP contribution is 2.16. The standard InChI is InChI=1S/C18H22O6S/c1-5-18(3,24-17(20)13-16(19)23-6-2)12-11-14-7-9-15(10-8-14)25(4,21)22/h7-10H,5-6,13H2,1-4H3. The molecule has 1 atom stereocenters. The fraction of sp³-hybridized carbons (Fsp3) is 0.444. The van der Waals surface area contributed by atoms with Crippen molar-refractivity contribution in [3.63, 3.8) is 0 Å². The Kier molecular flexibility index (Phi) is 7.19. The van der Waals surface area contributed by atoms with Gasteiger partial charge in [-0.25, -0.2) is 8.42 Å². The highest BCUT2D eigenvalue weighted by Gasteiger charge is 2.25. The zero-order valence-corrected chi connectivity index (χ0v) is 15.6. The van der Waals surface area contributed by atoms with E-state index in [-0.39, 0.29) is 11.5 Å². The van der Waals surface area contributed by atoms with Gasteiger partial charge < -0.3 is 9.47 Å². The summed E-state index contributed by atoms with van der Waals surface area (Å²) in [6, 6.07) is 6.10. The molecule has 1 rings (SSSR count). The van der Waals surface area contributed by atoms with Crippen LogP contribution in [0.25, 0.3) is 0 Å². The summed E-state index contributed by atoms with van der Waals surface area (Å²) in [5.74, 6) is 4.37. The minimum atomic E-state index is -3.26. The van der Waals surface area contributed by atoms with E-state index in [9.17, 15) is 18.0 Å². The van der Waals surface area contributed by atoms with Crippen molar-refractivity contribution in [1.82, 2.24) is 0 Å². The van der Waals surface area contributed by atoms with Gasteiger partial charge in [-0.2, -0.15) is 0 Å². The van der Waals surface area contributed by atoms with Gasteiger partial charge in [-0.1, -0.05) is 18.8 Å². The summed E-state index contributed by atoms with van der Waals surface area (Å²) in [6.07, 6.45) is 1.09. The average Bonchev–Trinajstić information content (AvgIpc) is 2.52. The Morgan fingerprint density at radius 2 is 1.72 bits per heavy atom. The monoisotopic (exact) mass is 366 g/mol. The molecule has 7 heteroatoms. The zero-order valence-electron chi connectivity index (χ0n) is 14.8. The van der Waals surface area contributed by atoms with Crippen molar-refractivity contribution in [3.8, 4) is 11.8 Å². The molecule has 6 nitrogen and oxygen atoms in total. The van der Waals surface area contributed by atoms with Crippen LogP contribution in [0.1, 0.15) is 39.2 Å². The van der Waals surface area contributed by atoms with E-state index in [1.807, 2.05) is 0 Å². The first kappa shape index (κ1) is 20.7. The van der Waals surface area contributed by atoms with Gasteiger partial charge in [-0.3, -0.25) is 9.59 Å². The SMILES string of the molecule is CCOC(=O)CC(=O)OC(C)(C#Cc1ccc(S(C)(=O)=O)cc1)CC. The normalized spacial score (nSPS) is 13.1. The van der Waals surface area contributed by atoms with Crippen LogP contribution in [-0.4, -0.2) is 38.8 Å². The first-order chi connectivity index (χ1) is 11.6. The molecule has 1 aromatic carbocycles. The van der Waals surface area contributed by atoms with Crippen LogP contribution in [0.3, 0.4) is 0 Å². The zero-order chi connectivity index (χ0) is 19.1. The minimum Gasteiger partial charge on any atom is -0.466 e. The second-order valence-corrected chi connectivity index (χ2v) is 7.60. The number of sulfone groups is 1. The molecule has 0 aliphatic heterocycles. The van der Waals surface area contributed by atoms with E-state index in [0.717, 1.165) is 6.26 Å². The number of hydrogen-bond donors (Lipinski definition) is 0. The smallest absolute Gasteiger partial charge is 0.318 e. The van der Waals surface area contributed by atoms with Gasteiger partial charge in [0, 0.05) is 11.8 Å². The first-order valence-corrected chi connectivity index (χ1v) is 9.69. The second kappa shape index (κ2) is 8.67. The molecule has 0 aromatic heterocycles. The molecule has 0 aliphatic carbocycles. The summed E-state index contributed by atoms with van der Waals surface area (Å²) < 4.78 is 32.9. The van der Waals surface area contributed by atoms with Crippen LogP contribution in [-0.2, 0) is 28.9 Å². The van der Waals surface area contributed by atoms with Crippen LogP contribution in [0, 0.1) is 11.8 Å². The molecule has 0 spiro atoms. The number of carbonyl (C=O) groups is 2. The quantitative estimate of drug-likeness (QED) is 0.435. The molecular weight excluding hydrogens is 344 g/mol. The molecule has 136 valence electrons. The molecule has 0 saturated carbocycles. The molecule has 0 N–H and O–H groups in total. The van der Waals surface area contributed by atoms with Gasteiger partial charge >= 0.3 is 11.9 Å². The van der Waals surface area contributed by atoms with E-state index in [4.69, 9.17) is 9.47 Å². The molecular formula is C18H22O6S. The topological polar surface area (TPSA) is 86.7 Å². The summed E-state index contributed by atoms with van der Waals surface area (Å²) in [5, 5.41) is 0. The largest absolute Gasteiger partial charge is 0.466 e. The molecule has 0 heterocycles. The Morgan fingerprint density at radius 1 is 1.12 bits per heavy atom. The lowest BCUT2D eigenvalue weighted by molar-refractivity contribution is -0.160. The van der Waals surface area contributed by atoms with Crippen molar-refractivity contribution in [3.05, 3.63) is 29.8 Å². The third kappa shape index (κ3) is 6.98. The van der Waals surface area contributed by atoms with E-state index in [0.29, 0.717) is 12.0 Å². The van der Waals surface area contributed by atoms with Crippen molar-refractivity contribution >= 4 is 21.8 Å². The lowest BCUT2D eigenvalue weighted by Crippen LogP contribution is -2.30. The first-order valence-electron chi connectivity index (χ1n) is 7.80. The van der Waals surface area contributed by atoms with Gasteiger partial charge in [-0.05, 0) is 44.5 Å². The van der Waals surface area contributed by atoms with Crippen molar-refractivity contribution in [2.24, 2.45) is 0 Å². The van der Waals surface area contributed by atoms with Crippen molar-refractivity contribution in [2.45, 2.75) is 44.1 Å². The maximum atomic E-state index is 11.8. The van der Waals surface area contributed by atoms with Crippen LogP contribution in [0.2, 0.25) is 0 Å². The molecule has 25 heavy (non-hydrogen) atoms. The highest BCUT2D eigenvalue weighted by molar-refractivity contribution is 7.90. The van der Waals surface area contributed by atoms with Crippen molar-refractivity contribution in [2.75, 3.05) is 12.9 Å². The van der Waals surface area contributed by atoms with Crippen LogP contribution >= 0.6 is 0 Å². The summed E-state index contributed by atoms with van der Waals surface area (Å²) in [7, 11) is -3.26. The molecule has 0 saturated heterocycles. The van der Waals surface area contributed by atoms with E-state index in [1.165, 1.54) is 12.1 Å². The number of rotatable bonds is 6. The molecule has 0 bridgehead atoms. The molecule has 0 fully saturated rings. The summed E-state index contributed by atoms with van der Waals surface area (Å²) >= 11 is 0. The van der Waals surface area contributed by atoms with Gasteiger partial charge in [0.15, 0.2) is 15.4 Å². The third-order valence-corrected chi connectivity index (χ3v) is 4.49. The van der Waals surface area contributed by atoms with Crippen LogP contribution in [0.15, 0.2) is 29.2 Å². The van der Waals surface area contributed by atoms with Crippen molar-refractivity contribution < 1.29 is 27.5 Å². The molecule has 0 aliphatic rings. The molecule has 1 aromatic rings. The second-order valence-electron chi connectivity index (χ2n) is 5.59. The highest BCUT2D eigenvalue weighted by atomic mass is 32.2. The van der Waals surface area contributed by atoms with Crippen molar-refractivity contribution in [1.29, 1.82) is 0 Å². The number of esters is 2. The van der Waals surface area contributed by atoms with Gasteiger partial charge in [0.25, 0.3) is 0 Å². The predicted octanol–water partition coefficient (Wildman–Crippen LogP) is 2.11. The molecule has 0 amide bonds. The lowest BCUT2D eigenvalue weighted by Gasteiger charge is -2.22. The number of ether oxygens (including phenoxy) is 2. The summed E-state index contributed by atoms with van der Waals surface area (Å²) in [6.45, 7) is 5.30. The van der Waals surface area contributed by atoms with Crippen LogP contribution < -0.4 is 0 Å². The number of hydrogen-bond acceptors (Lipinski definition) is 6. The van der Waals surface area contributed by atoms with Crippen LogP contribution in [0.5, 0.6) is 0 Å². The average molecular weight is 366 g/mol. The summed E-state index contributed by atoms with van der Waals surface area (Å²) in [5.41, 5.74) is -0.465. The Bertz CT molecular complexity index is 783. The molecule has 1 unspecified atom stereocenters. The maximum absolute atomic E-state index is 11.8. The maximum Gasteiger partial charge on any atom is 0.318 e. The Labute approximate surface area is 148 Å². The third-order valence-electron chi connectivity index (χ3n) is 3.36. The number of benzene rings is 1. The number of carbonyl (C=O) groups excluding carboxylic acids is 2. The Hall–Kier alpha value is -2.33. The van der Waals surface area contributed by atoms with Crippen LogP contribution in [0.4, 0.5) is 0 Å². The van der Waals surface area contributed by atoms with E-state index in [1.54, 1.807) is 32.9 Å². The molecule has 0 radical (unpaired) electrons. The fourth-order valence-corrected chi connectivity index (χ4v) is 2.42. The van der Waals surface area contributed by atoms with Gasteiger partial charge in [-0.15, -0.1) is 0 Å². The van der Waals surface area contributed by atoms with Gasteiger partial charge in [0.1, 0.15) is 6.42 Å². The van der Waals surface area contributed by atoms with E-state index >= 15 is 0 Å². The summed E-state index contributed by atoms with van der Waals surface area (Å²) in [4.78, 5) is 23.3. The fourth-order valence-electron chi connectivity index (χ4n) is 1.79. The van der Waals surface area contributed by atoms with Gasteiger partial charge in [0.05, 0.1) is 11.5 Å². The lowest BCUT2D eigenvalue weighted by atomic mass is 10.0. The Morgan fingerprint density at radius 3 is 2.20 bits per heavy atom. The predicted molar refractivity (Wildman–Crippen MR) is 92.5 cm³/mol. The van der Waals surface area contributed by atoms with Gasteiger partial charge in [0.2, 0.25) is 0 Å².